The van der Waals surface area contributed by atoms with E-state index in [9.17, 15) is 0 Å². The first kappa shape index (κ1) is 32.0. The summed E-state index contributed by atoms with van der Waals surface area (Å²) in [4.78, 5) is 2.37. The quantitative estimate of drug-likeness (QED) is 0.160. The van der Waals surface area contributed by atoms with E-state index in [0.29, 0.717) is 0 Å². The molecule has 0 spiro atoms. The Morgan fingerprint density at radius 2 is 0.778 bits per heavy atom. The summed E-state index contributed by atoms with van der Waals surface area (Å²) in [5.74, 6) is 0. The molecule has 0 saturated heterocycles. The van der Waals surface area contributed by atoms with Crippen molar-refractivity contribution in [3.63, 3.8) is 0 Å². The molecule has 10 rings (SSSR count). The average molecular weight is 706 g/mol. The molecule has 1 heterocycles. The molecular formula is C52H35NS. The first-order valence-corrected chi connectivity index (χ1v) is 19.2. The molecule has 0 aliphatic rings. The lowest BCUT2D eigenvalue weighted by molar-refractivity contribution is 1.28. The van der Waals surface area contributed by atoms with Crippen LogP contribution in [0.5, 0.6) is 0 Å². The summed E-state index contributed by atoms with van der Waals surface area (Å²) >= 11 is 1.86. The van der Waals surface area contributed by atoms with Crippen molar-refractivity contribution in [2.75, 3.05) is 4.90 Å². The van der Waals surface area contributed by atoms with Gasteiger partial charge in [0, 0.05) is 37.2 Å². The summed E-state index contributed by atoms with van der Waals surface area (Å²) < 4.78 is 2.64. The molecule has 0 saturated carbocycles. The van der Waals surface area contributed by atoms with Crippen molar-refractivity contribution in [1.82, 2.24) is 0 Å². The van der Waals surface area contributed by atoms with Crippen LogP contribution in [0.3, 0.4) is 0 Å². The van der Waals surface area contributed by atoms with E-state index in [0.717, 1.165) is 17.1 Å². The van der Waals surface area contributed by atoms with Gasteiger partial charge in [-0.2, -0.15) is 0 Å². The first-order chi connectivity index (χ1) is 26.7. The summed E-state index contributed by atoms with van der Waals surface area (Å²) in [6.07, 6.45) is 0. The Labute approximate surface area is 319 Å². The zero-order valence-electron chi connectivity index (χ0n) is 29.6. The van der Waals surface area contributed by atoms with Crippen molar-refractivity contribution in [2.45, 2.75) is 0 Å². The monoisotopic (exact) mass is 705 g/mol. The molecule has 0 bridgehead atoms. The fourth-order valence-corrected chi connectivity index (χ4v) is 8.82. The zero-order valence-corrected chi connectivity index (χ0v) is 30.4. The highest BCUT2D eigenvalue weighted by Crippen LogP contribution is 2.41. The van der Waals surface area contributed by atoms with Gasteiger partial charge in [0.15, 0.2) is 0 Å². The summed E-state index contributed by atoms with van der Waals surface area (Å²) in [6, 6.07) is 77.1. The first-order valence-electron chi connectivity index (χ1n) is 18.4. The Bertz CT molecular complexity index is 2900. The molecule has 9 aromatic carbocycles. The molecule has 254 valence electrons. The van der Waals surface area contributed by atoms with E-state index in [1.807, 2.05) is 11.3 Å². The second kappa shape index (κ2) is 13.7. The molecular weight excluding hydrogens is 671 g/mol. The van der Waals surface area contributed by atoms with Crippen molar-refractivity contribution >= 4 is 59.3 Å². The zero-order chi connectivity index (χ0) is 35.8. The molecule has 0 N–H and O–H groups in total. The Hall–Kier alpha value is -6.74. The summed E-state index contributed by atoms with van der Waals surface area (Å²) in [7, 11) is 0. The average Bonchev–Trinajstić information content (AvgIpc) is 3.63. The summed E-state index contributed by atoms with van der Waals surface area (Å²) in [6.45, 7) is 0. The second-order valence-corrected chi connectivity index (χ2v) is 14.8. The number of rotatable bonds is 7. The fourth-order valence-electron chi connectivity index (χ4n) is 7.73. The molecule has 2 heteroatoms. The summed E-state index contributed by atoms with van der Waals surface area (Å²) in [5, 5.41) is 5.14. The van der Waals surface area contributed by atoms with E-state index in [1.54, 1.807) is 0 Å². The van der Waals surface area contributed by atoms with Crippen LogP contribution in [0.25, 0.3) is 75.5 Å². The molecule has 0 atom stereocenters. The standard InChI is InChI=1S/C52H35NS/c1-2-10-36(11-3-1)37-20-22-38(23-21-37)39-24-29-44(30-25-39)53(45-31-26-41(27-32-45)48-18-9-13-40-12-4-5-16-47(40)48)46-15-8-14-42(34-46)43-28-33-52-50(35-43)49-17-6-7-19-51(49)54-52/h1-35H. The highest BCUT2D eigenvalue weighted by molar-refractivity contribution is 7.25. The molecule has 1 nitrogen and oxygen atoms in total. The van der Waals surface area contributed by atoms with Gasteiger partial charge in [-0.3, -0.25) is 0 Å². The minimum Gasteiger partial charge on any atom is -0.310 e. The van der Waals surface area contributed by atoms with Gasteiger partial charge in [-0.15, -0.1) is 11.3 Å². The van der Waals surface area contributed by atoms with Crippen molar-refractivity contribution < 1.29 is 0 Å². The Morgan fingerprint density at radius 3 is 1.52 bits per heavy atom. The van der Waals surface area contributed by atoms with Gasteiger partial charge in [0.2, 0.25) is 0 Å². The van der Waals surface area contributed by atoms with E-state index in [-0.39, 0.29) is 0 Å². The van der Waals surface area contributed by atoms with Crippen molar-refractivity contribution in [2.24, 2.45) is 0 Å². The van der Waals surface area contributed by atoms with E-state index in [1.165, 1.54) is 75.5 Å². The SMILES string of the molecule is c1ccc(-c2ccc(-c3ccc(N(c4ccc(-c5cccc6ccccc56)cc4)c4cccc(-c5ccc6sc7ccccc7c6c5)c4)cc3)cc2)cc1. The van der Waals surface area contributed by atoms with Crippen LogP contribution < -0.4 is 4.90 Å². The number of hydrogen-bond donors (Lipinski definition) is 0. The third-order valence-electron chi connectivity index (χ3n) is 10.5. The molecule has 1 aromatic heterocycles. The van der Waals surface area contributed by atoms with E-state index in [4.69, 9.17) is 0 Å². The highest BCUT2D eigenvalue weighted by atomic mass is 32.1. The van der Waals surface area contributed by atoms with Crippen LogP contribution in [0.1, 0.15) is 0 Å². The van der Waals surface area contributed by atoms with E-state index in [2.05, 4.69) is 217 Å². The lowest BCUT2D eigenvalue weighted by Crippen LogP contribution is -2.10. The predicted molar refractivity (Wildman–Crippen MR) is 233 cm³/mol. The van der Waals surface area contributed by atoms with Crippen molar-refractivity contribution in [3.05, 3.63) is 212 Å². The van der Waals surface area contributed by atoms with Gasteiger partial charge in [-0.1, -0.05) is 158 Å². The minimum atomic E-state index is 1.11. The molecule has 0 aliphatic carbocycles. The largest absolute Gasteiger partial charge is 0.310 e. The number of thiophene rings is 1. The maximum absolute atomic E-state index is 2.37. The van der Waals surface area contributed by atoms with Gasteiger partial charge < -0.3 is 4.90 Å². The van der Waals surface area contributed by atoms with E-state index >= 15 is 0 Å². The van der Waals surface area contributed by atoms with Crippen LogP contribution in [-0.4, -0.2) is 0 Å². The number of nitrogens with zero attached hydrogens (tertiary/aromatic N) is 1. The maximum Gasteiger partial charge on any atom is 0.0467 e. The molecule has 0 amide bonds. The third kappa shape index (κ3) is 5.93. The fraction of sp³-hybridized carbons (Fsp3) is 0. The smallest absolute Gasteiger partial charge is 0.0467 e. The van der Waals surface area contributed by atoms with Crippen LogP contribution in [0.2, 0.25) is 0 Å². The van der Waals surface area contributed by atoms with Gasteiger partial charge in [-0.25, -0.2) is 0 Å². The van der Waals surface area contributed by atoms with Gasteiger partial charge in [-0.05, 0) is 110 Å². The summed E-state index contributed by atoms with van der Waals surface area (Å²) in [5.41, 5.74) is 13.0. The highest BCUT2D eigenvalue weighted by Gasteiger charge is 2.16. The number of anilines is 3. The van der Waals surface area contributed by atoms with Crippen LogP contribution in [-0.2, 0) is 0 Å². The van der Waals surface area contributed by atoms with Crippen molar-refractivity contribution in [1.29, 1.82) is 0 Å². The lowest BCUT2D eigenvalue weighted by Gasteiger charge is -2.26. The minimum absolute atomic E-state index is 1.11. The normalized spacial score (nSPS) is 11.3. The van der Waals surface area contributed by atoms with Crippen LogP contribution in [0, 0.1) is 0 Å². The third-order valence-corrected chi connectivity index (χ3v) is 11.6. The van der Waals surface area contributed by atoms with Crippen LogP contribution in [0.15, 0.2) is 212 Å². The lowest BCUT2D eigenvalue weighted by atomic mass is 9.97. The van der Waals surface area contributed by atoms with Gasteiger partial charge >= 0.3 is 0 Å². The maximum atomic E-state index is 2.37. The topological polar surface area (TPSA) is 3.24 Å². The molecule has 0 radical (unpaired) electrons. The predicted octanol–water partition coefficient (Wildman–Crippen LogP) is 15.3. The molecule has 54 heavy (non-hydrogen) atoms. The molecule has 0 aliphatic heterocycles. The van der Waals surface area contributed by atoms with Gasteiger partial charge in [0.1, 0.15) is 0 Å². The van der Waals surface area contributed by atoms with Crippen LogP contribution in [0.4, 0.5) is 17.1 Å². The Morgan fingerprint density at radius 1 is 0.278 bits per heavy atom. The van der Waals surface area contributed by atoms with E-state index < -0.39 is 0 Å². The second-order valence-electron chi connectivity index (χ2n) is 13.8. The van der Waals surface area contributed by atoms with Gasteiger partial charge in [0.25, 0.3) is 0 Å². The Kier molecular flexibility index (Phi) is 8.09. The van der Waals surface area contributed by atoms with Crippen molar-refractivity contribution in [3.8, 4) is 44.5 Å². The number of benzene rings is 9. The molecule has 0 unspecified atom stereocenters. The van der Waals surface area contributed by atoms with Crippen LogP contribution >= 0.6 is 11.3 Å². The Balaban J connectivity index is 1.04. The molecule has 0 fully saturated rings. The van der Waals surface area contributed by atoms with Gasteiger partial charge in [0.05, 0.1) is 0 Å². The molecule has 10 aromatic rings. The number of fused-ring (bicyclic) bond motifs is 4. The number of hydrogen-bond acceptors (Lipinski definition) is 2.